The quantitative estimate of drug-likeness (QED) is 0.709. The average molecular weight is 240 g/mol. The van der Waals surface area contributed by atoms with Crippen LogP contribution in [0.1, 0.15) is 19.2 Å². The molecule has 0 spiro atoms. The molecule has 1 heterocycles. The third kappa shape index (κ3) is 3.02. The second kappa shape index (κ2) is 6.09. The molecule has 2 rings (SSSR count). The standard InChI is InChI=1S/C11H20N4O2/c1-3-17-9-6-8(11(9)16-2)12-5-4-10-13-7-14-15-10/h7-9,11-12H,3-6H2,1-2H3,(H,13,14,15). The van der Waals surface area contributed by atoms with Gasteiger partial charge in [0, 0.05) is 32.7 Å². The Bertz CT molecular complexity index is 317. The van der Waals surface area contributed by atoms with Crippen LogP contribution in [0.15, 0.2) is 6.33 Å². The maximum Gasteiger partial charge on any atom is 0.137 e. The van der Waals surface area contributed by atoms with Gasteiger partial charge in [-0.15, -0.1) is 0 Å². The van der Waals surface area contributed by atoms with Gasteiger partial charge in [0.15, 0.2) is 0 Å². The van der Waals surface area contributed by atoms with E-state index in [0.717, 1.165) is 31.8 Å². The van der Waals surface area contributed by atoms with E-state index in [4.69, 9.17) is 9.47 Å². The van der Waals surface area contributed by atoms with Crippen molar-refractivity contribution >= 4 is 0 Å². The van der Waals surface area contributed by atoms with E-state index in [0.29, 0.717) is 6.04 Å². The largest absolute Gasteiger partial charge is 0.377 e. The Balaban J connectivity index is 1.66. The van der Waals surface area contributed by atoms with Crippen LogP contribution in [0.3, 0.4) is 0 Å². The Hall–Kier alpha value is -0.980. The molecule has 0 aromatic carbocycles. The fourth-order valence-electron chi connectivity index (χ4n) is 2.20. The lowest BCUT2D eigenvalue weighted by Gasteiger charge is -2.43. The van der Waals surface area contributed by atoms with Crippen LogP contribution in [0.25, 0.3) is 0 Å². The third-order valence-electron chi connectivity index (χ3n) is 3.14. The fraction of sp³-hybridized carbons (Fsp3) is 0.818. The minimum atomic E-state index is 0.171. The molecule has 0 radical (unpaired) electrons. The van der Waals surface area contributed by atoms with Crippen LogP contribution >= 0.6 is 0 Å². The van der Waals surface area contributed by atoms with E-state index in [1.54, 1.807) is 7.11 Å². The van der Waals surface area contributed by atoms with Crippen LogP contribution in [0.5, 0.6) is 0 Å². The van der Waals surface area contributed by atoms with Gasteiger partial charge in [0.2, 0.25) is 0 Å². The highest BCUT2D eigenvalue weighted by molar-refractivity contribution is 4.97. The smallest absolute Gasteiger partial charge is 0.137 e. The van der Waals surface area contributed by atoms with Crippen molar-refractivity contribution in [2.75, 3.05) is 20.3 Å². The summed E-state index contributed by atoms with van der Waals surface area (Å²) in [6, 6.07) is 0.388. The molecule has 1 aromatic heterocycles. The summed E-state index contributed by atoms with van der Waals surface area (Å²) in [4.78, 5) is 4.08. The molecule has 17 heavy (non-hydrogen) atoms. The second-order valence-corrected chi connectivity index (χ2v) is 4.17. The van der Waals surface area contributed by atoms with Gasteiger partial charge in [0.1, 0.15) is 12.2 Å². The van der Waals surface area contributed by atoms with Crippen LogP contribution in [-0.2, 0) is 15.9 Å². The maximum atomic E-state index is 5.57. The molecule has 6 heteroatoms. The Morgan fingerprint density at radius 1 is 1.59 bits per heavy atom. The number of hydrogen-bond donors (Lipinski definition) is 2. The zero-order valence-corrected chi connectivity index (χ0v) is 10.3. The van der Waals surface area contributed by atoms with Gasteiger partial charge in [-0.3, -0.25) is 5.10 Å². The van der Waals surface area contributed by atoms with Crippen molar-refractivity contribution in [2.24, 2.45) is 0 Å². The number of nitrogens with zero attached hydrogens (tertiary/aromatic N) is 2. The number of hydrogen-bond acceptors (Lipinski definition) is 5. The van der Waals surface area contributed by atoms with Gasteiger partial charge in [0.05, 0.1) is 12.2 Å². The second-order valence-electron chi connectivity index (χ2n) is 4.17. The van der Waals surface area contributed by atoms with Crippen LogP contribution in [0.2, 0.25) is 0 Å². The lowest BCUT2D eigenvalue weighted by molar-refractivity contribution is -0.131. The zero-order valence-electron chi connectivity index (χ0n) is 10.3. The number of rotatable bonds is 7. The van der Waals surface area contributed by atoms with Crippen LogP contribution in [0.4, 0.5) is 0 Å². The summed E-state index contributed by atoms with van der Waals surface area (Å²) in [6.07, 6.45) is 3.81. The Morgan fingerprint density at radius 2 is 2.47 bits per heavy atom. The molecule has 96 valence electrons. The number of methoxy groups -OCH3 is 1. The van der Waals surface area contributed by atoms with E-state index in [1.165, 1.54) is 6.33 Å². The molecule has 1 aromatic rings. The number of H-pyrrole nitrogens is 1. The number of aromatic amines is 1. The van der Waals surface area contributed by atoms with Gasteiger partial charge in [-0.1, -0.05) is 0 Å². The molecule has 3 atom stereocenters. The third-order valence-corrected chi connectivity index (χ3v) is 3.14. The summed E-state index contributed by atoms with van der Waals surface area (Å²) in [7, 11) is 1.74. The fourth-order valence-corrected chi connectivity index (χ4v) is 2.20. The van der Waals surface area contributed by atoms with E-state index in [1.807, 2.05) is 6.92 Å². The molecule has 1 aliphatic carbocycles. The molecule has 1 saturated carbocycles. The number of ether oxygens (including phenoxy) is 2. The first kappa shape index (κ1) is 12.5. The van der Waals surface area contributed by atoms with Crippen LogP contribution < -0.4 is 5.32 Å². The highest BCUT2D eigenvalue weighted by Gasteiger charge is 2.41. The zero-order chi connectivity index (χ0) is 12.1. The summed E-state index contributed by atoms with van der Waals surface area (Å²) in [5.41, 5.74) is 0. The van der Waals surface area contributed by atoms with Gasteiger partial charge in [0.25, 0.3) is 0 Å². The van der Waals surface area contributed by atoms with Crippen molar-refractivity contribution in [2.45, 2.75) is 38.0 Å². The Morgan fingerprint density at radius 3 is 3.12 bits per heavy atom. The van der Waals surface area contributed by atoms with Gasteiger partial charge in [-0.25, -0.2) is 4.98 Å². The Kier molecular flexibility index (Phi) is 4.47. The van der Waals surface area contributed by atoms with Crippen molar-refractivity contribution < 1.29 is 9.47 Å². The van der Waals surface area contributed by atoms with E-state index in [9.17, 15) is 0 Å². The van der Waals surface area contributed by atoms with Crippen molar-refractivity contribution in [1.29, 1.82) is 0 Å². The average Bonchev–Trinajstić information content (AvgIpc) is 2.80. The molecule has 0 bridgehead atoms. The summed E-state index contributed by atoms with van der Waals surface area (Å²) in [5.74, 6) is 0.909. The van der Waals surface area contributed by atoms with Crippen molar-refractivity contribution in [3.05, 3.63) is 12.2 Å². The maximum absolute atomic E-state index is 5.57. The molecule has 0 amide bonds. The molecule has 3 unspecified atom stereocenters. The summed E-state index contributed by atoms with van der Waals surface area (Å²) in [5, 5.41) is 10.1. The number of nitrogens with one attached hydrogen (secondary N) is 2. The lowest BCUT2D eigenvalue weighted by atomic mass is 9.85. The Labute approximate surface area is 101 Å². The first-order valence-corrected chi connectivity index (χ1v) is 6.07. The number of aromatic nitrogens is 3. The van der Waals surface area contributed by atoms with Crippen molar-refractivity contribution in [3.8, 4) is 0 Å². The minimum Gasteiger partial charge on any atom is -0.377 e. The van der Waals surface area contributed by atoms with Crippen LogP contribution in [0, 0.1) is 0 Å². The predicted molar refractivity (Wildman–Crippen MR) is 62.7 cm³/mol. The molecule has 1 fully saturated rings. The first-order valence-electron chi connectivity index (χ1n) is 6.07. The summed E-state index contributed by atoms with van der Waals surface area (Å²) in [6.45, 7) is 3.63. The first-order chi connectivity index (χ1) is 8.35. The van der Waals surface area contributed by atoms with Gasteiger partial charge in [-0.05, 0) is 13.3 Å². The topological polar surface area (TPSA) is 72.1 Å². The van der Waals surface area contributed by atoms with E-state index >= 15 is 0 Å². The minimum absolute atomic E-state index is 0.171. The van der Waals surface area contributed by atoms with Crippen molar-refractivity contribution in [1.82, 2.24) is 20.5 Å². The highest BCUT2D eigenvalue weighted by Crippen LogP contribution is 2.26. The monoisotopic (exact) mass is 240 g/mol. The predicted octanol–water partition coefficient (Wildman–Crippen LogP) is 0.129. The lowest BCUT2D eigenvalue weighted by Crippen LogP contribution is -2.60. The van der Waals surface area contributed by atoms with E-state index in [2.05, 4.69) is 20.5 Å². The molecule has 0 aliphatic heterocycles. The van der Waals surface area contributed by atoms with Crippen LogP contribution in [-0.4, -0.2) is 53.7 Å². The van der Waals surface area contributed by atoms with Gasteiger partial charge >= 0.3 is 0 Å². The summed E-state index contributed by atoms with van der Waals surface area (Å²) >= 11 is 0. The molecule has 6 nitrogen and oxygen atoms in total. The molecular weight excluding hydrogens is 220 g/mol. The van der Waals surface area contributed by atoms with E-state index in [-0.39, 0.29) is 12.2 Å². The molecule has 1 aliphatic rings. The van der Waals surface area contributed by atoms with Gasteiger partial charge < -0.3 is 14.8 Å². The molecule has 0 saturated heterocycles. The highest BCUT2D eigenvalue weighted by atomic mass is 16.5. The normalized spacial score (nSPS) is 28.0. The van der Waals surface area contributed by atoms with Crippen molar-refractivity contribution in [3.63, 3.8) is 0 Å². The SMILES string of the molecule is CCOC1CC(NCCc2ncn[nH]2)C1OC. The van der Waals surface area contributed by atoms with E-state index < -0.39 is 0 Å². The van der Waals surface area contributed by atoms with Gasteiger partial charge in [-0.2, -0.15) is 5.10 Å². The molecule has 2 N–H and O–H groups in total. The summed E-state index contributed by atoms with van der Waals surface area (Å²) < 4.78 is 11.0. The molecular formula is C11H20N4O2.